The van der Waals surface area contributed by atoms with Gasteiger partial charge in [0.05, 0.1) is 19.1 Å². The predicted octanol–water partition coefficient (Wildman–Crippen LogP) is 0.527. The van der Waals surface area contributed by atoms with Crippen molar-refractivity contribution in [2.45, 2.75) is 38.3 Å². The minimum atomic E-state index is -0.518. The third-order valence-electron chi connectivity index (χ3n) is 8.11. The Morgan fingerprint density at radius 1 is 1.00 bits per heavy atom. The van der Waals surface area contributed by atoms with Gasteiger partial charge in [0.25, 0.3) is 5.91 Å². The van der Waals surface area contributed by atoms with Crippen LogP contribution < -0.4 is 10.2 Å². The number of carbonyl (C=O) groups excluding carboxylic acids is 4. The molecule has 3 heterocycles. The molecule has 0 aromatic heterocycles. The molecule has 38 heavy (non-hydrogen) atoms. The minimum absolute atomic E-state index is 0.00911. The Labute approximate surface area is 225 Å². The first-order valence-corrected chi connectivity index (χ1v) is 13.7. The number of hydrogen-bond acceptors (Lipinski definition) is 7. The summed E-state index contributed by atoms with van der Waals surface area (Å²) < 4.78 is 0. The smallest absolute Gasteiger partial charge is 0.251 e. The van der Waals surface area contributed by atoms with E-state index in [0.29, 0.717) is 44.5 Å². The highest BCUT2D eigenvalue weighted by Gasteiger charge is 2.51. The summed E-state index contributed by atoms with van der Waals surface area (Å²) in [5.74, 6) is -0.159. The molecule has 0 bridgehead atoms. The van der Waals surface area contributed by atoms with E-state index in [1.165, 1.54) is 0 Å². The third-order valence-corrected chi connectivity index (χ3v) is 8.11. The first kappa shape index (κ1) is 28.0. The topological polar surface area (TPSA) is 96.5 Å². The summed E-state index contributed by atoms with van der Waals surface area (Å²) in [6.07, 6.45) is 1.63. The van der Waals surface area contributed by atoms with Crippen LogP contribution in [0, 0.1) is 5.92 Å². The monoisotopic (exact) mass is 526 g/mol. The number of anilines is 1. The van der Waals surface area contributed by atoms with Crippen molar-refractivity contribution in [1.82, 2.24) is 24.9 Å². The van der Waals surface area contributed by atoms with Crippen LogP contribution >= 0.6 is 0 Å². The van der Waals surface area contributed by atoms with E-state index in [1.807, 2.05) is 38.1 Å². The summed E-state index contributed by atoms with van der Waals surface area (Å²) in [6.45, 7) is 6.98. The zero-order chi connectivity index (χ0) is 27.4. The first-order valence-electron chi connectivity index (χ1n) is 13.7. The number of likely N-dealkylation sites (N-methyl/N-ethyl adjacent to an activating group) is 1. The zero-order valence-corrected chi connectivity index (χ0v) is 23.2. The number of fused-ring (bicyclic) bond motifs is 1. The van der Waals surface area contributed by atoms with E-state index in [1.54, 1.807) is 21.9 Å². The van der Waals surface area contributed by atoms with Crippen molar-refractivity contribution in [3.8, 4) is 0 Å². The Kier molecular flexibility index (Phi) is 9.04. The van der Waals surface area contributed by atoms with Gasteiger partial charge in [0, 0.05) is 71.0 Å². The Balaban J connectivity index is 1.22. The van der Waals surface area contributed by atoms with Crippen LogP contribution in [0.25, 0.3) is 0 Å². The van der Waals surface area contributed by atoms with Crippen molar-refractivity contribution in [3.05, 3.63) is 29.8 Å². The lowest BCUT2D eigenvalue weighted by molar-refractivity contribution is -0.137. The van der Waals surface area contributed by atoms with Gasteiger partial charge in [-0.3, -0.25) is 24.1 Å². The average Bonchev–Trinajstić information content (AvgIpc) is 3.46. The van der Waals surface area contributed by atoms with Crippen LogP contribution in [0.5, 0.6) is 0 Å². The molecule has 0 spiro atoms. The molecule has 3 saturated heterocycles. The number of nitrogens with one attached hydrogen (secondary N) is 1. The van der Waals surface area contributed by atoms with Crippen LogP contribution in [0.2, 0.25) is 0 Å². The molecule has 3 atom stereocenters. The van der Waals surface area contributed by atoms with Crippen molar-refractivity contribution < 1.29 is 19.2 Å². The van der Waals surface area contributed by atoms with Crippen molar-refractivity contribution in [1.29, 1.82) is 0 Å². The highest BCUT2D eigenvalue weighted by molar-refractivity contribution is 5.98. The molecule has 3 unspecified atom stereocenters. The number of rotatable bonds is 9. The number of amides is 3. The number of hydrogen-bond donors (Lipinski definition) is 1. The fourth-order valence-electron chi connectivity index (χ4n) is 5.67. The SMILES string of the molecule is CC(CCNC(=O)c1ccc(N(C)C)cc1)CC(=O)N1CCC2C1C(=O)CN2C(=O)CN1CCN(C)CC1. The normalized spacial score (nSPS) is 22.9. The van der Waals surface area contributed by atoms with E-state index in [-0.39, 0.29) is 42.0 Å². The van der Waals surface area contributed by atoms with E-state index in [2.05, 4.69) is 22.2 Å². The Hall–Kier alpha value is -2.98. The largest absolute Gasteiger partial charge is 0.378 e. The van der Waals surface area contributed by atoms with Crippen LogP contribution in [-0.4, -0.2) is 129 Å². The van der Waals surface area contributed by atoms with E-state index < -0.39 is 6.04 Å². The number of benzene rings is 1. The summed E-state index contributed by atoms with van der Waals surface area (Å²) in [5.41, 5.74) is 1.63. The molecule has 10 nitrogen and oxygen atoms in total. The second-order valence-corrected chi connectivity index (χ2v) is 11.3. The lowest BCUT2D eigenvalue weighted by atomic mass is 10.0. The molecule has 0 saturated carbocycles. The number of likely N-dealkylation sites (tertiary alicyclic amines) is 2. The molecule has 3 fully saturated rings. The molecule has 0 aliphatic carbocycles. The highest BCUT2D eigenvalue weighted by atomic mass is 16.2. The van der Waals surface area contributed by atoms with E-state index in [0.717, 1.165) is 31.9 Å². The molecule has 3 amide bonds. The third kappa shape index (κ3) is 6.53. The summed E-state index contributed by atoms with van der Waals surface area (Å²) in [6, 6.07) is 6.70. The number of carbonyl (C=O) groups is 4. The molecule has 1 N–H and O–H groups in total. The van der Waals surface area contributed by atoms with Gasteiger partial charge >= 0.3 is 0 Å². The van der Waals surface area contributed by atoms with Gasteiger partial charge in [-0.25, -0.2) is 0 Å². The average molecular weight is 527 g/mol. The number of Topliss-reactive ketones (excluding diaryl/α,β-unsaturated/α-hetero) is 1. The molecular formula is C28H42N6O4. The molecule has 1 aromatic carbocycles. The second kappa shape index (κ2) is 12.3. The lowest BCUT2D eigenvalue weighted by Crippen LogP contribution is -2.50. The predicted molar refractivity (Wildman–Crippen MR) is 146 cm³/mol. The van der Waals surface area contributed by atoms with Crippen LogP contribution in [0.15, 0.2) is 24.3 Å². The summed E-state index contributed by atoms with van der Waals surface area (Å²) in [4.78, 5) is 61.3. The maximum absolute atomic E-state index is 13.1. The van der Waals surface area contributed by atoms with Crippen LogP contribution in [0.4, 0.5) is 5.69 Å². The van der Waals surface area contributed by atoms with Gasteiger partial charge in [0.2, 0.25) is 11.8 Å². The van der Waals surface area contributed by atoms with E-state index in [9.17, 15) is 19.2 Å². The van der Waals surface area contributed by atoms with Gasteiger partial charge in [-0.15, -0.1) is 0 Å². The van der Waals surface area contributed by atoms with Crippen LogP contribution in [0.3, 0.4) is 0 Å². The zero-order valence-electron chi connectivity index (χ0n) is 23.2. The standard InChI is InChI=1S/C28H42N6O4/c1-20(9-11-29-28(38)21-5-7-22(8-6-21)30(2)3)17-25(36)33-12-10-23-27(33)24(35)18-34(23)26(37)19-32-15-13-31(4)14-16-32/h5-8,20,23,27H,9-19H2,1-4H3,(H,29,38). The number of ketones is 1. The van der Waals surface area contributed by atoms with Gasteiger partial charge in [-0.2, -0.15) is 0 Å². The number of piperazine rings is 1. The summed E-state index contributed by atoms with van der Waals surface area (Å²) in [7, 11) is 5.98. The quantitative estimate of drug-likeness (QED) is 0.501. The summed E-state index contributed by atoms with van der Waals surface area (Å²) >= 11 is 0. The Bertz CT molecular complexity index is 1020. The molecule has 3 aliphatic rings. The lowest BCUT2D eigenvalue weighted by Gasteiger charge is -2.33. The maximum atomic E-state index is 13.1. The fourth-order valence-corrected chi connectivity index (χ4v) is 5.67. The molecule has 10 heteroatoms. The molecule has 208 valence electrons. The molecule has 1 aromatic rings. The van der Waals surface area contributed by atoms with Crippen molar-refractivity contribution in [3.63, 3.8) is 0 Å². The van der Waals surface area contributed by atoms with Crippen molar-refractivity contribution >= 4 is 29.2 Å². The molecule has 0 radical (unpaired) electrons. The van der Waals surface area contributed by atoms with E-state index in [4.69, 9.17) is 0 Å². The van der Waals surface area contributed by atoms with Gasteiger partial charge in [0.15, 0.2) is 5.78 Å². The second-order valence-electron chi connectivity index (χ2n) is 11.3. The first-order chi connectivity index (χ1) is 18.1. The minimum Gasteiger partial charge on any atom is -0.378 e. The van der Waals surface area contributed by atoms with E-state index >= 15 is 0 Å². The highest BCUT2D eigenvalue weighted by Crippen LogP contribution is 2.31. The molecule has 4 rings (SSSR count). The molecule has 3 aliphatic heterocycles. The van der Waals surface area contributed by atoms with Gasteiger partial charge in [0.1, 0.15) is 6.04 Å². The Morgan fingerprint density at radius 2 is 1.68 bits per heavy atom. The van der Waals surface area contributed by atoms with Crippen LogP contribution in [0.1, 0.15) is 36.5 Å². The molecular weight excluding hydrogens is 484 g/mol. The van der Waals surface area contributed by atoms with Gasteiger partial charge in [-0.1, -0.05) is 6.92 Å². The summed E-state index contributed by atoms with van der Waals surface area (Å²) in [5, 5.41) is 2.94. The fraction of sp³-hybridized carbons (Fsp3) is 0.643. The van der Waals surface area contributed by atoms with Crippen LogP contribution in [-0.2, 0) is 14.4 Å². The Morgan fingerprint density at radius 3 is 2.34 bits per heavy atom. The van der Waals surface area contributed by atoms with Gasteiger partial charge < -0.3 is 24.9 Å². The number of nitrogens with zero attached hydrogens (tertiary/aromatic N) is 5. The van der Waals surface area contributed by atoms with Crippen molar-refractivity contribution in [2.75, 3.05) is 78.4 Å². The maximum Gasteiger partial charge on any atom is 0.251 e. The van der Waals surface area contributed by atoms with Gasteiger partial charge in [-0.05, 0) is 50.1 Å². The van der Waals surface area contributed by atoms with Crippen molar-refractivity contribution in [2.24, 2.45) is 5.92 Å².